The average molecular weight is 259 g/mol. The molecular formula is C14H17N3O2. The van der Waals surface area contributed by atoms with Crippen LogP contribution < -0.4 is 11.0 Å². The normalized spacial score (nSPS) is 16.9. The van der Waals surface area contributed by atoms with Gasteiger partial charge in [0.15, 0.2) is 0 Å². The molecule has 0 amide bonds. The summed E-state index contributed by atoms with van der Waals surface area (Å²) in [6.07, 6.45) is 3.35. The van der Waals surface area contributed by atoms with E-state index in [1.54, 1.807) is 17.0 Å². The number of hydrogen-bond acceptors (Lipinski definition) is 3. The molecule has 0 bridgehead atoms. The van der Waals surface area contributed by atoms with E-state index in [0.717, 1.165) is 31.1 Å². The number of aromatic nitrogens is 2. The largest absolute Gasteiger partial charge is 0.384 e. The number of ether oxygens (including phenoxy) is 1. The van der Waals surface area contributed by atoms with Crippen LogP contribution in [-0.2, 0) is 4.74 Å². The number of anilines is 1. The number of H-pyrrole nitrogens is 1. The molecule has 2 aromatic rings. The predicted octanol–water partition coefficient (Wildman–Crippen LogP) is 1.61. The molecule has 1 aromatic heterocycles. The third-order valence-corrected chi connectivity index (χ3v) is 3.42. The fourth-order valence-electron chi connectivity index (χ4n) is 2.13. The van der Waals surface area contributed by atoms with Crippen LogP contribution in [0.2, 0.25) is 0 Å². The molecule has 1 aromatic carbocycles. The van der Waals surface area contributed by atoms with Gasteiger partial charge in [0.25, 0.3) is 0 Å². The third kappa shape index (κ3) is 2.42. The molecule has 1 saturated heterocycles. The summed E-state index contributed by atoms with van der Waals surface area (Å²) in [5.74, 6) is 0. The maximum absolute atomic E-state index is 11.5. The lowest BCUT2D eigenvalue weighted by molar-refractivity contribution is -0.0924. The topological polar surface area (TPSA) is 59.0 Å². The predicted molar refractivity (Wildman–Crippen MR) is 73.8 cm³/mol. The molecule has 19 heavy (non-hydrogen) atoms. The van der Waals surface area contributed by atoms with Gasteiger partial charge in [0.1, 0.15) is 0 Å². The SMILES string of the molecule is CC1(CNc2ccc(-n3cc[nH]c3=O)cc2)COC1. The quantitative estimate of drug-likeness (QED) is 0.877. The fourth-order valence-corrected chi connectivity index (χ4v) is 2.13. The Morgan fingerprint density at radius 1 is 1.37 bits per heavy atom. The molecule has 0 spiro atoms. The van der Waals surface area contributed by atoms with Gasteiger partial charge in [0.05, 0.1) is 18.9 Å². The Labute approximate surface area is 111 Å². The zero-order chi connectivity index (χ0) is 13.3. The van der Waals surface area contributed by atoms with E-state index in [9.17, 15) is 4.79 Å². The summed E-state index contributed by atoms with van der Waals surface area (Å²) in [7, 11) is 0. The Morgan fingerprint density at radius 3 is 2.63 bits per heavy atom. The molecule has 0 aliphatic carbocycles. The first-order valence-corrected chi connectivity index (χ1v) is 6.34. The van der Waals surface area contributed by atoms with Gasteiger partial charge >= 0.3 is 5.69 Å². The van der Waals surface area contributed by atoms with Gasteiger partial charge in [-0.2, -0.15) is 0 Å². The van der Waals surface area contributed by atoms with E-state index in [4.69, 9.17) is 4.74 Å². The van der Waals surface area contributed by atoms with Gasteiger partial charge in [-0.1, -0.05) is 6.92 Å². The summed E-state index contributed by atoms with van der Waals surface area (Å²) < 4.78 is 6.80. The molecule has 1 aliphatic rings. The van der Waals surface area contributed by atoms with E-state index < -0.39 is 0 Å². The number of benzene rings is 1. The monoisotopic (exact) mass is 259 g/mol. The second-order valence-electron chi connectivity index (χ2n) is 5.34. The Hall–Kier alpha value is -2.01. The zero-order valence-electron chi connectivity index (χ0n) is 10.8. The van der Waals surface area contributed by atoms with Crippen LogP contribution in [0, 0.1) is 5.41 Å². The molecule has 5 nitrogen and oxygen atoms in total. The first-order valence-electron chi connectivity index (χ1n) is 6.34. The Balaban J connectivity index is 1.69. The van der Waals surface area contributed by atoms with E-state index in [1.807, 2.05) is 24.3 Å². The summed E-state index contributed by atoms with van der Waals surface area (Å²) in [6, 6.07) is 7.82. The first kappa shape index (κ1) is 12.0. The molecule has 0 radical (unpaired) electrons. The van der Waals surface area contributed by atoms with Crippen LogP contribution in [0.15, 0.2) is 41.5 Å². The molecule has 1 aliphatic heterocycles. The van der Waals surface area contributed by atoms with Crippen molar-refractivity contribution in [1.29, 1.82) is 0 Å². The van der Waals surface area contributed by atoms with Crippen molar-refractivity contribution in [2.75, 3.05) is 25.1 Å². The van der Waals surface area contributed by atoms with Gasteiger partial charge in [-0.05, 0) is 24.3 Å². The second kappa shape index (κ2) is 4.59. The summed E-state index contributed by atoms with van der Waals surface area (Å²) in [4.78, 5) is 14.1. The number of nitrogens with one attached hydrogen (secondary N) is 2. The Kier molecular flexibility index (Phi) is 2.91. The standard InChI is InChI=1S/C14H17N3O2/c1-14(9-19-10-14)8-16-11-2-4-12(5-3-11)17-7-6-15-13(17)18/h2-7,16H,8-10H2,1H3,(H,15,18). The van der Waals surface area contributed by atoms with Crippen molar-refractivity contribution in [2.24, 2.45) is 5.41 Å². The molecule has 2 N–H and O–H groups in total. The number of rotatable bonds is 4. The van der Waals surface area contributed by atoms with E-state index in [0.29, 0.717) is 0 Å². The molecule has 5 heteroatoms. The molecule has 100 valence electrons. The lowest BCUT2D eigenvalue weighted by atomic mass is 9.89. The van der Waals surface area contributed by atoms with Crippen LogP contribution in [-0.4, -0.2) is 29.3 Å². The van der Waals surface area contributed by atoms with Crippen molar-refractivity contribution in [3.8, 4) is 5.69 Å². The van der Waals surface area contributed by atoms with Crippen LogP contribution >= 0.6 is 0 Å². The maximum atomic E-state index is 11.5. The van der Waals surface area contributed by atoms with E-state index in [2.05, 4.69) is 17.2 Å². The summed E-state index contributed by atoms with van der Waals surface area (Å²) in [5, 5.41) is 3.40. The highest BCUT2D eigenvalue weighted by atomic mass is 16.5. The molecule has 0 unspecified atom stereocenters. The summed E-state index contributed by atoms with van der Waals surface area (Å²) in [5.41, 5.74) is 2.03. The Morgan fingerprint density at radius 2 is 2.11 bits per heavy atom. The number of hydrogen-bond donors (Lipinski definition) is 2. The van der Waals surface area contributed by atoms with E-state index in [-0.39, 0.29) is 11.1 Å². The summed E-state index contributed by atoms with van der Waals surface area (Å²) in [6.45, 7) is 4.74. The van der Waals surface area contributed by atoms with Crippen molar-refractivity contribution in [2.45, 2.75) is 6.92 Å². The minimum absolute atomic E-state index is 0.125. The molecule has 0 atom stereocenters. The number of nitrogens with zero attached hydrogens (tertiary/aromatic N) is 1. The Bertz CT molecular complexity index is 608. The van der Waals surface area contributed by atoms with Gasteiger partial charge in [0, 0.05) is 30.0 Å². The van der Waals surface area contributed by atoms with Crippen LogP contribution in [0.1, 0.15) is 6.92 Å². The molecular weight excluding hydrogens is 242 g/mol. The molecule has 0 saturated carbocycles. The third-order valence-electron chi connectivity index (χ3n) is 3.42. The van der Waals surface area contributed by atoms with Gasteiger partial charge in [-0.15, -0.1) is 0 Å². The van der Waals surface area contributed by atoms with Crippen LogP contribution in [0.5, 0.6) is 0 Å². The average Bonchev–Trinajstić information content (AvgIpc) is 2.81. The minimum Gasteiger partial charge on any atom is -0.384 e. The van der Waals surface area contributed by atoms with Gasteiger partial charge < -0.3 is 15.0 Å². The zero-order valence-corrected chi connectivity index (χ0v) is 10.8. The van der Waals surface area contributed by atoms with E-state index >= 15 is 0 Å². The first-order chi connectivity index (χ1) is 9.16. The van der Waals surface area contributed by atoms with E-state index in [1.165, 1.54) is 0 Å². The molecule has 3 rings (SSSR count). The van der Waals surface area contributed by atoms with Crippen LogP contribution in [0.25, 0.3) is 5.69 Å². The van der Waals surface area contributed by atoms with Crippen molar-refractivity contribution >= 4 is 5.69 Å². The highest BCUT2D eigenvalue weighted by Gasteiger charge is 2.32. The number of aromatic amines is 1. The van der Waals surface area contributed by atoms with Crippen LogP contribution in [0.3, 0.4) is 0 Å². The highest BCUT2D eigenvalue weighted by molar-refractivity contribution is 5.48. The smallest absolute Gasteiger partial charge is 0.330 e. The second-order valence-corrected chi connectivity index (χ2v) is 5.34. The lowest BCUT2D eigenvalue weighted by Crippen LogP contribution is -2.45. The highest BCUT2D eigenvalue weighted by Crippen LogP contribution is 2.26. The molecule has 1 fully saturated rings. The lowest BCUT2D eigenvalue weighted by Gasteiger charge is -2.38. The van der Waals surface area contributed by atoms with Gasteiger partial charge in [-0.3, -0.25) is 4.57 Å². The van der Waals surface area contributed by atoms with Gasteiger partial charge in [0.2, 0.25) is 0 Å². The number of imidazole rings is 1. The van der Waals surface area contributed by atoms with Crippen molar-refractivity contribution in [1.82, 2.24) is 9.55 Å². The minimum atomic E-state index is -0.125. The van der Waals surface area contributed by atoms with Crippen molar-refractivity contribution < 1.29 is 4.74 Å². The van der Waals surface area contributed by atoms with Gasteiger partial charge in [-0.25, -0.2) is 4.79 Å². The summed E-state index contributed by atoms with van der Waals surface area (Å²) >= 11 is 0. The van der Waals surface area contributed by atoms with Crippen molar-refractivity contribution in [3.63, 3.8) is 0 Å². The van der Waals surface area contributed by atoms with Crippen molar-refractivity contribution in [3.05, 3.63) is 47.1 Å². The molecule has 2 heterocycles. The fraction of sp³-hybridized carbons (Fsp3) is 0.357. The maximum Gasteiger partial charge on any atom is 0.330 e. The van der Waals surface area contributed by atoms with Crippen LogP contribution in [0.4, 0.5) is 5.69 Å².